The Hall–Kier alpha value is -3.59. The maximum Gasteiger partial charge on any atom is 0.433 e. The Morgan fingerprint density at radius 3 is 2.54 bits per heavy atom. The summed E-state index contributed by atoms with van der Waals surface area (Å²) < 4.78 is 78.4. The number of pyridine rings is 1. The van der Waals surface area contributed by atoms with Gasteiger partial charge >= 0.3 is 6.18 Å². The van der Waals surface area contributed by atoms with Gasteiger partial charge in [-0.3, -0.25) is 9.52 Å². The van der Waals surface area contributed by atoms with Gasteiger partial charge in [0.25, 0.3) is 0 Å². The molecule has 1 heterocycles. The molecule has 2 rings (SSSR count). The van der Waals surface area contributed by atoms with Gasteiger partial charge in [0, 0.05) is 31.8 Å². The first kappa shape index (κ1) is 27.7. The van der Waals surface area contributed by atoms with Crippen molar-refractivity contribution >= 4 is 33.5 Å². The molecule has 0 aliphatic carbocycles. The number of terminal acetylenes is 1. The first-order chi connectivity index (χ1) is 16.2. The van der Waals surface area contributed by atoms with E-state index in [-0.39, 0.29) is 29.2 Å². The molecule has 0 saturated heterocycles. The third kappa shape index (κ3) is 7.99. The van der Waals surface area contributed by atoms with Crippen LogP contribution in [0.4, 0.5) is 29.1 Å². The number of sulfonamides is 1. The number of carbonyl (C=O) groups excluding carboxylic acids is 1. The molecule has 12 heteroatoms. The number of nitrogens with zero attached hydrogens (tertiary/aromatic N) is 2. The number of halogens is 4. The van der Waals surface area contributed by atoms with E-state index in [9.17, 15) is 30.8 Å². The summed E-state index contributed by atoms with van der Waals surface area (Å²) in [4.78, 5) is 17.5. The van der Waals surface area contributed by atoms with E-state index in [2.05, 4.69) is 16.2 Å². The molecule has 2 aromatic rings. The summed E-state index contributed by atoms with van der Waals surface area (Å²) in [5.74, 6) is 0.747. The predicted molar refractivity (Wildman–Crippen MR) is 126 cm³/mol. The number of rotatable bonds is 9. The Balaban J connectivity index is 2.20. The summed E-state index contributed by atoms with van der Waals surface area (Å²) in [7, 11) is -2.16. The zero-order valence-corrected chi connectivity index (χ0v) is 20.0. The highest BCUT2D eigenvalue weighted by atomic mass is 32.2. The van der Waals surface area contributed by atoms with Gasteiger partial charge in [0.1, 0.15) is 17.3 Å². The lowest BCUT2D eigenvalue weighted by atomic mass is 10.1. The van der Waals surface area contributed by atoms with Crippen LogP contribution in [0.5, 0.6) is 0 Å². The highest BCUT2D eigenvalue weighted by Crippen LogP contribution is 2.31. The lowest BCUT2D eigenvalue weighted by molar-refractivity contribution is -0.141. The van der Waals surface area contributed by atoms with Crippen molar-refractivity contribution in [2.45, 2.75) is 26.1 Å². The van der Waals surface area contributed by atoms with E-state index in [0.29, 0.717) is 18.5 Å². The second-order valence-electron chi connectivity index (χ2n) is 7.60. The number of benzene rings is 1. The summed E-state index contributed by atoms with van der Waals surface area (Å²) in [6.45, 7) is 2.18. The third-order valence-electron chi connectivity index (χ3n) is 4.59. The molecule has 2 N–H and O–H groups in total. The molecule has 1 aromatic heterocycles. The lowest BCUT2D eigenvalue weighted by Crippen LogP contribution is -2.22. The topological polar surface area (TPSA) is 91.4 Å². The maximum atomic E-state index is 14.4. The number of amides is 1. The van der Waals surface area contributed by atoms with Crippen molar-refractivity contribution in [1.29, 1.82) is 0 Å². The molecule has 7 nitrogen and oxygen atoms in total. The van der Waals surface area contributed by atoms with Gasteiger partial charge in [-0.15, -0.1) is 6.42 Å². The van der Waals surface area contributed by atoms with E-state index >= 15 is 0 Å². The van der Waals surface area contributed by atoms with Crippen molar-refractivity contribution in [2.75, 3.05) is 29.5 Å². The van der Waals surface area contributed by atoms with Crippen molar-refractivity contribution in [3.05, 3.63) is 58.5 Å². The fourth-order valence-corrected chi connectivity index (χ4v) is 3.65. The fraction of sp³-hybridized carbons (Fsp3) is 0.304. The molecule has 0 fully saturated rings. The number of carbonyl (C=O) groups is 1. The van der Waals surface area contributed by atoms with Crippen LogP contribution in [-0.2, 0) is 27.5 Å². The Kier molecular flexibility index (Phi) is 8.87. The molecular weight excluding hydrogens is 488 g/mol. The van der Waals surface area contributed by atoms with Crippen LogP contribution in [-0.4, -0.2) is 39.2 Å². The first-order valence-electron chi connectivity index (χ1n) is 10.3. The fourth-order valence-electron chi connectivity index (χ4n) is 3.08. The van der Waals surface area contributed by atoms with Gasteiger partial charge in [-0.05, 0) is 42.3 Å². The van der Waals surface area contributed by atoms with E-state index in [0.717, 1.165) is 24.5 Å². The van der Waals surface area contributed by atoms with E-state index in [1.165, 1.54) is 18.2 Å². The normalized spacial score (nSPS) is 11.8. The molecule has 1 aromatic carbocycles. The Morgan fingerprint density at radius 1 is 1.29 bits per heavy atom. The number of aromatic nitrogens is 1. The van der Waals surface area contributed by atoms with Crippen molar-refractivity contribution in [3.8, 4) is 12.3 Å². The van der Waals surface area contributed by atoms with Crippen LogP contribution in [0.15, 0.2) is 30.3 Å². The van der Waals surface area contributed by atoms with Crippen molar-refractivity contribution in [2.24, 2.45) is 0 Å². The minimum Gasteiger partial charge on any atom is -0.359 e. The highest BCUT2D eigenvalue weighted by Gasteiger charge is 2.33. The van der Waals surface area contributed by atoms with Crippen LogP contribution in [0.25, 0.3) is 6.08 Å². The second-order valence-corrected chi connectivity index (χ2v) is 9.35. The molecule has 0 aliphatic rings. The van der Waals surface area contributed by atoms with Gasteiger partial charge in [0.05, 0.1) is 17.5 Å². The van der Waals surface area contributed by atoms with Crippen LogP contribution in [0.1, 0.15) is 35.7 Å². The highest BCUT2D eigenvalue weighted by molar-refractivity contribution is 7.92. The van der Waals surface area contributed by atoms with Gasteiger partial charge in [0.15, 0.2) is 0 Å². The number of nitrogens with one attached hydrogen (secondary N) is 2. The molecule has 0 saturated carbocycles. The zero-order valence-electron chi connectivity index (χ0n) is 19.2. The average molecular weight is 513 g/mol. The number of alkyl halides is 3. The molecule has 0 atom stereocenters. The number of anilines is 2. The molecule has 0 radical (unpaired) electrons. The predicted octanol–water partition coefficient (Wildman–Crippen LogP) is 3.77. The minimum absolute atomic E-state index is 0.0466. The Morgan fingerprint density at radius 2 is 1.97 bits per heavy atom. The first-order valence-corrected chi connectivity index (χ1v) is 12.2. The van der Waals surface area contributed by atoms with Crippen LogP contribution in [0.2, 0.25) is 0 Å². The van der Waals surface area contributed by atoms with Gasteiger partial charge in [-0.25, -0.2) is 17.8 Å². The maximum absolute atomic E-state index is 14.4. The van der Waals surface area contributed by atoms with Gasteiger partial charge in [-0.1, -0.05) is 12.8 Å². The zero-order chi connectivity index (χ0) is 26.4. The lowest BCUT2D eigenvalue weighted by Gasteiger charge is -2.21. The van der Waals surface area contributed by atoms with Crippen molar-refractivity contribution in [3.63, 3.8) is 0 Å². The van der Waals surface area contributed by atoms with Gasteiger partial charge in [-0.2, -0.15) is 13.2 Å². The summed E-state index contributed by atoms with van der Waals surface area (Å²) in [6.07, 6.45) is 4.70. The standard InChI is InChI=1S/C23H24F4N4O3S/c1-5-11-31(3)22-17(7-9-19(29-22)23(25,26)27)8-10-20(32)28-14-15-12-16(6-2)21(18(24)13-15)30-35(4,33)34/h2,7-10,12-13,30H,5,11,14H2,1,3-4H3,(H,28,32)/b10-8-. The molecule has 0 spiro atoms. The SMILES string of the molecule is C#Cc1cc(CNC(=O)/C=C\c2ccc(C(F)(F)F)nc2N(C)CCC)cc(F)c1NS(C)(=O)=O. The van der Waals surface area contributed by atoms with E-state index < -0.39 is 33.6 Å². The molecule has 188 valence electrons. The molecule has 1 amide bonds. The van der Waals surface area contributed by atoms with Crippen LogP contribution < -0.4 is 14.9 Å². The molecule has 35 heavy (non-hydrogen) atoms. The summed E-state index contributed by atoms with van der Waals surface area (Å²) >= 11 is 0. The molecule has 0 bridgehead atoms. The smallest absolute Gasteiger partial charge is 0.359 e. The molecular formula is C23H24F4N4O3S. The molecule has 0 aliphatic heterocycles. The van der Waals surface area contributed by atoms with E-state index in [1.54, 1.807) is 11.9 Å². The summed E-state index contributed by atoms with van der Waals surface area (Å²) in [5, 5.41) is 2.51. The van der Waals surface area contributed by atoms with Gasteiger partial charge < -0.3 is 10.2 Å². The number of hydrogen-bond acceptors (Lipinski definition) is 5. The Labute approximate surface area is 201 Å². The Bertz CT molecular complexity index is 1270. The average Bonchev–Trinajstić information content (AvgIpc) is 2.76. The number of hydrogen-bond donors (Lipinski definition) is 2. The van der Waals surface area contributed by atoms with Crippen LogP contribution in [0, 0.1) is 18.2 Å². The van der Waals surface area contributed by atoms with Crippen molar-refractivity contribution < 1.29 is 30.8 Å². The minimum atomic E-state index is -4.61. The largest absolute Gasteiger partial charge is 0.433 e. The van der Waals surface area contributed by atoms with Gasteiger partial charge in [0.2, 0.25) is 15.9 Å². The monoisotopic (exact) mass is 512 g/mol. The van der Waals surface area contributed by atoms with Crippen molar-refractivity contribution in [1.82, 2.24) is 10.3 Å². The molecule has 0 unspecified atom stereocenters. The third-order valence-corrected chi connectivity index (χ3v) is 5.17. The van der Waals surface area contributed by atoms with Crippen LogP contribution in [0.3, 0.4) is 0 Å². The quantitative estimate of drug-likeness (QED) is 0.303. The summed E-state index contributed by atoms with van der Waals surface area (Å²) in [6, 6.07) is 4.42. The second kappa shape index (κ2) is 11.2. The van der Waals surface area contributed by atoms with E-state index in [1.807, 2.05) is 11.6 Å². The van der Waals surface area contributed by atoms with E-state index in [4.69, 9.17) is 6.42 Å². The summed E-state index contributed by atoms with van der Waals surface area (Å²) in [5.41, 5.74) is -0.882. The van der Waals surface area contributed by atoms with Crippen LogP contribution >= 0.6 is 0 Å².